The molecule has 1 aliphatic heterocycles. The van der Waals surface area contributed by atoms with Gasteiger partial charge in [0.2, 0.25) is 0 Å². The van der Waals surface area contributed by atoms with Crippen molar-refractivity contribution in [1.29, 1.82) is 0 Å². The molecule has 0 saturated carbocycles. The summed E-state index contributed by atoms with van der Waals surface area (Å²) in [6.07, 6.45) is 0. The molecule has 0 aromatic heterocycles. The highest BCUT2D eigenvalue weighted by Gasteiger charge is 2.15. The van der Waals surface area contributed by atoms with Crippen LogP contribution in [-0.4, -0.2) is 37.3 Å². The maximum Gasteiger partial charge on any atom is 0.335 e. The van der Waals surface area contributed by atoms with E-state index in [1.165, 1.54) is 32.7 Å². The molecule has 5 rings (SSSR count). The summed E-state index contributed by atoms with van der Waals surface area (Å²) in [5.74, 6) is -1.60. The van der Waals surface area contributed by atoms with Crippen molar-refractivity contribution in [3.8, 4) is 5.75 Å². The number of hydrogen-bond acceptors (Lipinski definition) is 5. The van der Waals surface area contributed by atoms with Gasteiger partial charge in [-0.3, -0.25) is 0 Å². The lowest BCUT2D eigenvalue weighted by Crippen LogP contribution is -2.43. The molecule has 6 heteroatoms. The lowest BCUT2D eigenvalue weighted by atomic mass is 10.1. The summed E-state index contributed by atoms with van der Waals surface area (Å²) in [4.78, 5) is 15.9. The minimum Gasteiger partial charge on any atom is -0.871 e. The van der Waals surface area contributed by atoms with Gasteiger partial charge in [0.05, 0.1) is 11.3 Å². The number of nitrogens with one attached hydrogen (secondary N) is 1. The minimum absolute atomic E-state index is 0.177. The number of carbonyl (C=O) groups is 1. The fraction of sp³-hybridized carbons (Fsp3) is 0.207. The number of aromatic carboxylic acids is 1. The summed E-state index contributed by atoms with van der Waals surface area (Å²) in [5, 5.41) is 25.0. The van der Waals surface area contributed by atoms with E-state index in [1.807, 2.05) is 17.8 Å². The molecule has 4 aromatic rings. The Hall–Kier alpha value is -3.48. The zero-order valence-electron chi connectivity index (χ0n) is 20.0. The second-order valence-electron chi connectivity index (χ2n) is 8.54. The number of rotatable bonds is 4. The first-order chi connectivity index (χ1) is 16.9. The number of para-hydroxylation sites is 1. The summed E-state index contributed by atoms with van der Waals surface area (Å²) in [6.45, 7) is 8.67. The standard InChI is InChI=1S/C18H22N2S.C11H8O3/c1-14-7-8-17(15(2)13-14)21-18-6-4-3-5-16(18)20-11-9-19-10-12-20;12-10-8-4-2-1-3-7(8)5-6-9(10)11(13)14/h3-8,13,19H,9-12H2,1-2H3;1-6,12H,(H,13,14)/p-1. The van der Waals surface area contributed by atoms with Crippen LogP contribution in [0.2, 0.25) is 0 Å². The number of fused-ring (bicyclic) bond motifs is 1. The van der Waals surface area contributed by atoms with Crippen LogP contribution in [0, 0.1) is 13.8 Å². The molecular formula is C29H29N2O3S-. The van der Waals surface area contributed by atoms with Gasteiger partial charge in [-0.1, -0.05) is 77.7 Å². The number of anilines is 1. The van der Waals surface area contributed by atoms with Crippen molar-refractivity contribution in [3.05, 3.63) is 95.6 Å². The Kier molecular flexibility index (Phi) is 7.95. The third-order valence-corrected chi connectivity index (χ3v) is 7.23. The molecule has 35 heavy (non-hydrogen) atoms. The first kappa shape index (κ1) is 24.6. The van der Waals surface area contributed by atoms with Gasteiger partial charge in [0.15, 0.2) is 0 Å². The predicted molar refractivity (Wildman–Crippen MR) is 142 cm³/mol. The average molecular weight is 486 g/mol. The van der Waals surface area contributed by atoms with Gasteiger partial charge in [-0.25, -0.2) is 4.79 Å². The number of benzene rings is 4. The molecule has 2 N–H and O–H groups in total. The van der Waals surface area contributed by atoms with E-state index in [9.17, 15) is 9.90 Å². The van der Waals surface area contributed by atoms with E-state index in [0.29, 0.717) is 5.39 Å². The van der Waals surface area contributed by atoms with Crippen molar-refractivity contribution in [3.63, 3.8) is 0 Å². The molecule has 0 bridgehead atoms. The molecule has 0 aliphatic carbocycles. The van der Waals surface area contributed by atoms with E-state index < -0.39 is 11.7 Å². The third-order valence-electron chi connectivity index (χ3n) is 5.98. The highest BCUT2D eigenvalue weighted by molar-refractivity contribution is 7.99. The van der Waals surface area contributed by atoms with E-state index in [1.54, 1.807) is 24.3 Å². The molecule has 180 valence electrons. The van der Waals surface area contributed by atoms with Crippen molar-refractivity contribution in [2.75, 3.05) is 31.1 Å². The Morgan fingerprint density at radius 3 is 2.37 bits per heavy atom. The van der Waals surface area contributed by atoms with Crippen LogP contribution in [0.25, 0.3) is 10.8 Å². The zero-order chi connectivity index (χ0) is 24.8. The predicted octanol–water partition coefficient (Wildman–Crippen LogP) is 5.48. The van der Waals surface area contributed by atoms with Gasteiger partial charge >= 0.3 is 5.97 Å². The first-order valence-corrected chi connectivity index (χ1v) is 12.5. The highest BCUT2D eigenvalue weighted by atomic mass is 32.2. The quantitative estimate of drug-likeness (QED) is 0.399. The SMILES string of the molecule is Cc1ccc(Sc2ccccc2N2CCNCC2)c(C)c1.O=C(O)c1ccc2ccccc2c1[O-]. The Bertz CT molecular complexity index is 1330. The molecule has 1 fully saturated rings. The monoisotopic (exact) mass is 485 g/mol. The van der Waals surface area contributed by atoms with Crippen LogP contribution in [-0.2, 0) is 0 Å². The number of hydrogen-bond donors (Lipinski definition) is 2. The number of aryl methyl sites for hydroxylation is 2. The molecule has 4 aromatic carbocycles. The minimum atomic E-state index is -1.18. The number of carboxylic acids is 1. The van der Waals surface area contributed by atoms with Crippen molar-refractivity contribution in [2.45, 2.75) is 23.6 Å². The molecule has 1 heterocycles. The highest BCUT2D eigenvalue weighted by Crippen LogP contribution is 2.37. The summed E-state index contributed by atoms with van der Waals surface area (Å²) in [7, 11) is 0. The molecule has 0 unspecified atom stereocenters. The molecule has 0 spiro atoms. The Balaban J connectivity index is 0.000000179. The van der Waals surface area contributed by atoms with E-state index in [4.69, 9.17) is 5.11 Å². The molecule has 0 atom stereocenters. The van der Waals surface area contributed by atoms with Gasteiger partial charge in [0.25, 0.3) is 0 Å². The zero-order valence-corrected chi connectivity index (χ0v) is 20.8. The van der Waals surface area contributed by atoms with Gasteiger partial charge in [-0.15, -0.1) is 0 Å². The lowest BCUT2D eigenvalue weighted by molar-refractivity contribution is -0.266. The topological polar surface area (TPSA) is 75.6 Å². The van der Waals surface area contributed by atoms with E-state index in [0.717, 1.165) is 31.6 Å². The van der Waals surface area contributed by atoms with Crippen LogP contribution in [0.3, 0.4) is 0 Å². The number of carboxylic acid groups (broad SMARTS) is 1. The van der Waals surface area contributed by atoms with Gasteiger partial charge in [0.1, 0.15) is 0 Å². The Labute approximate surface area is 210 Å². The van der Waals surface area contributed by atoms with Gasteiger partial charge < -0.3 is 20.4 Å². The van der Waals surface area contributed by atoms with E-state index >= 15 is 0 Å². The fourth-order valence-corrected chi connectivity index (χ4v) is 5.20. The van der Waals surface area contributed by atoms with Crippen LogP contribution in [0.15, 0.2) is 88.7 Å². The Morgan fingerprint density at radius 1 is 0.914 bits per heavy atom. The van der Waals surface area contributed by atoms with Crippen LogP contribution in [0.4, 0.5) is 5.69 Å². The molecular weight excluding hydrogens is 456 g/mol. The van der Waals surface area contributed by atoms with Crippen LogP contribution in [0.5, 0.6) is 5.75 Å². The Morgan fingerprint density at radius 2 is 1.63 bits per heavy atom. The van der Waals surface area contributed by atoms with Crippen molar-refractivity contribution in [1.82, 2.24) is 5.32 Å². The smallest absolute Gasteiger partial charge is 0.335 e. The van der Waals surface area contributed by atoms with Crippen molar-refractivity contribution >= 4 is 34.2 Å². The van der Waals surface area contributed by atoms with Gasteiger partial charge in [0, 0.05) is 36.0 Å². The van der Waals surface area contributed by atoms with E-state index in [-0.39, 0.29) is 5.56 Å². The van der Waals surface area contributed by atoms with E-state index in [2.05, 4.69) is 66.5 Å². The lowest BCUT2D eigenvalue weighted by Gasteiger charge is -2.31. The number of piperazine rings is 1. The van der Waals surface area contributed by atoms with Gasteiger partial charge in [-0.2, -0.15) is 0 Å². The third kappa shape index (κ3) is 5.96. The molecule has 1 aliphatic rings. The van der Waals surface area contributed by atoms with Crippen LogP contribution in [0.1, 0.15) is 21.5 Å². The van der Waals surface area contributed by atoms with Crippen molar-refractivity contribution in [2.24, 2.45) is 0 Å². The number of nitrogens with zero attached hydrogens (tertiary/aromatic N) is 1. The van der Waals surface area contributed by atoms with Crippen LogP contribution < -0.4 is 15.3 Å². The fourth-order valence-electron chi connectivity index (χ4n) is 4.15. The average Bonchev–Trinajstić information content (AvgIpc) is 2.87. The second kappa shape index (κ2) is 11.3. The first-order valence-electron chi connectivity index (χ1n) is 11.7. The summed E-state index contributed by atoms with van der Waals surface area (Å²) in [5.41, 5.74) is 3.87. The summed E-state index contributed by atoms with van der Waals surface area (Å²) < 4.78 is 0. The maximum atomic E-state index is 11.6. The molecule has 5 nitrogen and oxygen atoms in total. The second-order valence-corrected chi connectivity index (χ2v) is 9.63. The maximum absolute atomic E-state index is 11.6. The molecule has 0 radical (unpaired) electrons. The summed E-state index contributed by atoms with van der Waals surface area (Å²) >= 11 is 1.88. The summed E-state index contributed by atoms with van der Waals surface area (Å²) in [6, 6.07) is 25.4. The largest absolute Gasteiger partial charge is 0.871 e. The molecule has 1 saturated heterocycles. The van der Waals surface area contributed by atoms with Crippen LogP contribution >= 0.6 is 11.8 Å². The van der Waals surface area contributed by atoms with Gasteiger partial charge in [-0.05, 0) is 54.4 Å². The van der Waals surface area contributed by atoms with Crippen molar-refractivity contribution < 1.29 is 15.0 Å². The normalized spacial score (nSPS) is 13.3. The molecule has 0 amide bonds.